The van der Waals surface area contributed by atoms with Gasteiger partial charge >= 0.3 is 0 Å². The summed E-state index contributed by atoms with van der Waals surface area (Å²) in [5, 5.41) is 19.4. The Morgan fingerprint density at radius 2 is 1.77 bits per heavy atom. The van der Waals surface area contributed by atoms with Gasteiger partial charge in [0.15, 0.2) is 0 Å². The van der Waals surface area contributed by atoms with Crippen molar-refractivity contribution < 1.29 is 14.3 Å². The van der Waals surface area contributed by atoms with Crippen LogP contribution in [0.25, 0.3) is 11.5 Å². The number of amides is 1. The van der Waals surface area contributed by atoms with Gasteiger partial charge in [-0.05, 0) is 24.1 Å². The average molecular weight is 349 g/mol. The third-order valence-electron chi connectivity index (χ3n) is 4.44. The molecular formula is C20H19N3O3. The Balaban J connectivity index is 1.81. The molecule has 0 bridgehead atoms. The number of aliphatic hydroxyl groups is 1. The van der Waals surface area contributed by atoms with Crippen molar-refractivity contribution in [3.8, 4) is 11.5 Å². The van der Waals surface area contributed by atoms with Gasteiger partial charge in [-0.15, -0.1) is 10.2 Å². The first kappa shape index (κ1) is 16.5. The maximum atomic E-state index is 13.1. The number of rotatable bonds is 4. The third kappa shape index (κ3) is 2.42. The first-order valence-electron chi connectivity index (χ1n) is 8.55. The van der Waals surface area contributed by atoms with Gasteiger partial charge in [-0.3, -0.25) is 4.79 Å². The third-order valence-corrected chi connectivity index (χ3v) is 4.44. The molecule has 1 atom stereocenters. The highest BCUT2D eigenvalue weighted by Gasteiger charge is 2.55. The number of carbonyl (C=O) groups excluding carboxylic acids is 1. The van der Waals surface area contributed by atoms with Crippen LogP contribution in [0.4, 0.5) is 5.69 Å². The highest BCUT2D eigenvalue weighted by molar-refractivity contribution is 6.08. The van der Waals surface area contributed by atoms with E-state index in [1.807, 2.05) is 56.3 Å². The molecule has 26 heavy (non-hydrogen) atoms. The zero-order chi connectivity index (χ0) is 18.3. The molecule has 1 unspecified atom stereocenters. The van der Waals surface area contributed by atoms with Crippen LogP contribution in [0.3, 0.4) is 0 Å². The van der Waals surface area contributed by atoms with Crippen LogP contribution in [0.15, 0.2) is 59.0 Å². The lowest BCUT2D eigenvalue weighted by Gasteiger charge is -2.21. The molecule has 1 aromatic heterocycles. The lowest BCUT2D eigenvalue weighted by atomic mass is 9.95. The number of anilines is 1. The van der Waals surface area contributed by atoms with Gasteiger partial charge in [0.25, 0.3) is 11.8 Å². The molecule has 0 spiro atoms. The van der Waals surface area contributed by atoms with Crippen molar-refractivity contribution in [3.63, 3.8) is 0 Å². The molecule has 2 heterocycles. The fourth-order valence-corrected chi connectivity index (χ4v) is 3.25. The predicted octanol–water partition coefficient (Wildman–Crippen LogP) is 2.98. The lowest BCUT2D eigenvalue weighted by molar-refractivity contribution is -0.134. The molecule has 3 aromatic rings. The molecule has 1 amide bonds. The molecule has 0 saturated carbocycles. The molecule has 0 fully saturated rings. The second-order valence-corrected chi connectivity index (χ2v) is 6.82. The van der Waals surface area contributed by atoms with Crippen molar-refractivity contribution in [2.45, 2.75) is 19.4 Å². The van der Waals surface area contributed by atoms with Gasteiger partial charge in [-0.25, -0.2) is 0 Å². The zero-order valence-electron chi connectivity index (χ0n) is 14.6. The zero-order valence-corrected chi connectivity index (χ0v) is 14.6. The predicted molar refractivity (Wildman–Crippen MR) is 96.4 cm³/mol. The van der Waals surface area contributed by atoms with E-state index in [1.165, 1.54) is 0 Å². The van der Waals surface area contributed by atoms with Crippen LogP contribution in [0.5, 0.6) is 0 Å². The lowest BCUT2D eigenvalue weighted by Crippen LogP contribution is -2.42. The van der Waals surface area contributed by atoms with Crippen LogP contribution >= 0.6 is 0 Å². The van der Waals surface area contributed by atoms with E-state index in [2.05, 4.69) is 10.2 Å². The number of nitrogens with zero attached hydrogens (tertiary/aromatic N) is 3. The van der Waals surface area contributed by atoms with E-state index in [1.54, 1.807) is 17.0 Å². The van der Waals surface area contributed by atoms with Gasteiger partial charge in [0.05, 0.1) is 5.69 Å². The second kappa shape index (κ2) is 6.07. The number of fused-ring (bicyclic) bond motifs is 1. The molecule has 0 radical (unpaired) electrons. The molecule has 2 aromatic carbocycles. The molecule has 6 heteroatoms. The Hall–Kier alpha value is -2.99. The average Bonchev–Trinajstić information content (AvgIpc) is 3.22. The van der Waals surface area contributed by atoms with E-state index in [0.717, 1.165) is 5.56 Å². The molecule has 0 aliphatic carbocycles. The monoisotopic (exact) mass is 349 g/mol. The summed E-state index contributed by atoms with van der Waals surface area (Å²) >= 11 is 0. The molecule has 6 nitrogen and oxygen atoms in total. The van der Waals surface area contributed by atoms with Crippen LogP contribution in [-0.2, 0) is 10.4 Å². The molecule has 1 aliphatic rings. The fraction of sp³-hybridized carbons (Fsp3) is 0.250. The minimum atomic E-state index is -1.97. The topological polar surface area (TPSA) is 79.5 Å². The number of carbonyl (C=O) groups is 1. The number of benzene rings is 2. The van der Waals surface area contributed by atoms with Crippen LogP contribution in [0.2, 0.25) is 0 Å². The highest BCUT2D eigenvalue weighted by atomic mass is 16.4. The molecule has 1 N–H and O–H groups in total. The molecule has 0 saturated heterocycles. The molecule has 4 rings (SSSR count). The van der Waals surface area contributed by atoms with E-state index >= 15 is 0 Å². The van der Waals surface area contributed by atoms with Crippen LogP contribution in [0.1, 0.15) is 25.3 Å². The summed E-state index contributed by atoms with van der Waals surface area (Å²) in [4.78, 5) is 14.7. The Bertz CT molecular complexity index is 952. The molecule has 1 aliphatic heterocycles. The van der Waals surface area contributed by atoms with Crippen molar-refractivity contribution in [1.29, 1.82) is 0 Å². The first-order chi connectivity index (χ1) is 12.5. The van der Waals surface area contributed by atoms with E-state index in [-0.39, 0.29) is 17.7 Å². The number of hydrogen-bond donors (Lipinski definition) is 1. The summed E-state index contributed by atoms with van der Waals surface area (Å²) in [5.41, 5.74) is -0.0967. The van der Waals surface area contributed by atoms with Gasteiger partial charge < -0.3 is 14.4 Å². The van der Waals surface area contributed by atoms with E-state index in [0.29, 0.717) is 17.8 Å². The van der Waals surface area contributed by atoms with Crippen molar-refractivity contribution in [3.05, 3.63) is 66.1 Å². The summed E-state index contributed by atoms with van der Waals surface area (Å²) in [6.45, 7) is 4.54. The maximum Gasteiger partial charge on any atom is 0.273 e. The summed E-state index contributed by atoms with van der Waals surface area (Å²) in [7, 11) is 0. The standard InChI is InChI=1S/C20H19N3O3/c1-13(2)12-23-16-11-7-6-10-15(16)20(25,19(23)24)18-22-21-17(26-18)14-8-4-3-5-9-14/h3-11,13,25H,12H2,1-2H3. The normalized spacial score (nSPS) is 19.2. The van der Waals surface area contributed by atoms with Gasteiger partial charge in [0.2, 0.25) is 11.5 Å². The van der Waals surface area contributed by atoms with E-state index in [9.17, 15) is 9.90 Å². The number of hydrogen-bond acceptors (Lipinski definition) is 5. The minimum absolute atomic E-state index is 0.111. The second-order valence-electron chi connectivity index (χ2n) is 6.82. The summed E-state index contributed by atoms with van der Waals surface area (Å²) in [6.07, 6.45) is 0. The number of para-hydroxylation sites is 1. The van der Waals surface area contributed by atoms with Crippen molar-refractivity contribution in [2.24, 2.45) is 5.92 Å². The fourth-order valence-electron chi connectivity index (χ4n) is 3.25. The SMILES string of the molecule is CC(C)CN1C(=O)C(O)(c2nnc(-c3ccccc3)o2)c2ccccc21. The van der Waals surface area contributed by atoms with E-state index < -0.39 is 11.5 Å². The van der Waals surface area contributed by atoms with Gasteiger partial charge in [-0.1, -0.05) is 50.2 Å². The maximum absolute atomic E-state index is 13.1. The minimum Gasteiger partial charge on any atom is -0.417 e. The summed E-state index contributed by atoms with van der Waals surface area (Å²) in [6, 6.07) is 16.4. The highest BCUT2D eigenvalue weighted by Crippen LogP contribution is 2.44. The Morgan fingerprint density at radius 1 is 1.08 bits per heavy atom. The van der Waals surface area contributed by atoms with Crippen molar-refractivity contribution in [1.82, 2.24) is 10.2 Å². The van der Waals surface area contributed by atoms with Gasteiger partial charge in [-0.2, -0.15) is 0 Å². The van der Waals surface area contributed by atoms with Crippen LogP contribution in [-0.4, -0.2) is 27.8 Å². The summed E-state index contributed by atoms with van der Waals surface area (Å²) < 4.78 is 5.72. The quantitative estimate of drug-likeness (QED) is 0.783. The van der Waals surface area contributed by atoms with Crippen molar-refractivity contribution >= 4 is 11.6 Å². The summed E-state index contributed by atoms with van der Waals surface area (Å²) in [5.74, 6) is -0.0609. The van der Waals surface area contributed by atoms with Gasteiger partial charge in [0, 0.05) is 17.7 Å². The van der Waals surface area contributed by atoms with E-state index in [4.69, 9.17) is 4.42 Å². The molecule has 132 valence electrons. The molecular weight excluding hydrogens is 330 g/mol. The number of aromatic nitrogens is 2. The Morgan fingerprint density at radius 3 is 2.50 bits per heavy atom. The first-order valence-corrected chi connectivity index (χ1v) is 8.55. The smallest absolute Gasteiger partial charge is 0.273 e. The largest absolute Gasteiger partial charge is 0.417 e. The Labute approximate surface area is 151 Å². The van der Waals surface area contributed by atoms with Gasteiger partial charge in [0.1, 0.15) is 0 Å². The van der Waals surface area contributed by atoms with Crippen LogP contribution in [0, 0.1) is 5.92 Å². The Kier molecular flexibility index (Phi) is 3.85. The van der Waals surface area contributed by atoms with Crippen molar-refractivity contribution in [2.75, 3.05) is 11.4 Å². The van der Waals surface area contributed by atoms with Crippen LogP contribution < -0.4 is 4.90 Å².